The average molecular weight is 267 g/mol. The molecule has 0 spiro atoms. The van der Waals surface area contributed by atoms with Gasteiger partial charge in [-0.2, -0.15) is 0 Å². The lowest BCUT2D eigenvalue weighted by atomic mass is 10.1. The number of hydrogen-bond donors (Lipinski definition) is 0. The van der Waals surface area contributed by atoms with E-state index in [-0.39, 0.29) is 5.78 Å². The zero-order chi connectivity index (χ0) is 12.3. The van der Waals surface area contributed by atoms with Crippen molar-refractivity contribution < 1.29 is 4.79 Å². The SMILES string of the molecule is Cn1ccnc1SCC(=O)c1cccc(Cl)c1. The second kappa shape index (κ2) is 5.38. The monoisotopic (exact) mass is 266 g/mol. The van der Waals surface area contributed by atoms with Gasteiger partial charge in [-0.25, -0.2) is 4.98 Å². The van der Waals surface area contributed by atoms with Gasteiger partial charge >= 0.3 is 0 Å². The number of halogens is 1. The van der Waals surface area contributed by atoms with E-state index in [0.29, 0.717) is 16.3 Å². The molecule has 0 saturated heterocycles. The molecule has 0 atom stereocenters. The van der Waals surface area contributed by atoms with E-state index in [2.05, 4.69) is 4.98 Å². The van der Waals surface area contributed by atoms with Crippen molar-refractivity contribution in [2.45, 2.75) is 5.16 Å². The van der Waals surface area contributed by atoms with E-state index >= 15 is 0 Å². The Morgan fingerprint density at radius 1 is 1.53 bits per heavy atom. The van der Waals surface area contributed by atoms with Crippen molar-refractivity contribution >= 4 is 29.1 Å². The summed E-state index contributed by atoms with van der Waals surface area (Å²) < 4.78 is 1.88. The summed E-state index contributed by atoms with van der Waals surface area (Å²) in [6.45, 7) is 0. The Morgan fingerprint density at radius 3 is 3.00 bits per heavy atom. The number of hydrogen-bond acceptors (Lipinski definition) is 3. The van der Waals surface area contributed by atoms with E-state index in [0.717, 1.165) is 5.16 Å². The number of carbonyl (C=O) groups excluding carboxylic acids is 1. The zero-order valence-electron chi connectivity index (χ0n) is 9.26. The van der Waals surface area contributed by atoms with Crippen LogP contribution in [0.1, 0.15) is 10.4 Å². The molecule has 0 N–H and O–H groups in total. The molecule has 0 radical (unpaired) electrons. The minimum absolute atomic E-state index is 0.0560. The molecule has 2 aromatic rings. The van der Waals surface area contributed by atoms with E-state index in [1.165, 1.54) is 11.8 Å². The molecule has 1 heterocycles. The number of aromatic nitrogens is 2. The van der Waals surface area contributed by atoms with Gasteiger partial charge < -0.3 is 4.57 Å². The number of aryl methyl sites for hydroxylation is 1. The maximum Gasteiger partial charge on any atom is 0.173 e. The van der Waals surface area contributed by atoms with Crippen LogP contribution in [-0.2, 0) is 7.05 Å². The van der Waals surface area contributed by atoms with Crippen LogP contribution >= 0.6 is 23.4 Å². The summed E-state index contributed by atoms with van der Waals surface area (Å²) in [5.41, 5.74) is 0.638. The molecule has 0 bridgehead atoms. The first kappa shape index (κ1) is 12.2. The molecule has 88 valence electrons. The molecule has 0 amide bonds. The second-order valence-electron chi connectivity index (χ2n) is 3.54. The first-order valence-corrected chi connectivity index (χ1v) is 6.42. The van der Waals surface area contributed by atoms with E-state index in [1.807, 2.05) is 17.8 Å². The number of thioether (sulfide) groups is 1. The summed E-state index contributed by atoms with van der Waals surface area (Å²) >= 11 is 7.26. The maximum atomic E-state index is 11.9. The van der Waals surface area contributed by atoms with Crippen LogP contribution in [0.25, 0.3) is 0 Å². The maximum absolute atomic E-state index is 11.9. The number of benzene rings is 1. The molecule has 1 aromatic heterocycles. The van der Waals surface area contributed by atoms with Crippen molar-refractivity contribution in [1.82, 2.24) is 9.55 Å². The lowest BCUT2D eigenvalue weighted by Gasteiger charge is -2.02. The molecular formula is C12H11ClN2OS. The van der Waals surface area contributed by atoms with Crippen molar-refractivity contribution in [3.05, 3.63) is 47.2 Å². The number of nitrogens with zero attached hydrogens (tertiary/aromatic N) is 2. The minimum atomic E-state index is 0.0560. The van der Waals surface area contributed by atoms with Crippen LogP contribution < -0.4 is 0 Å². The fourth-order valence-corrected chi connectivity index (χ4v) is 2.38. The lowest BCUT2D eigenvalue weighted by molar-refractivity contribution is 0.102. The third-order valence-corrected chi connectivity index (χ3v) is 3.55. The zero-order valence-corrected chi connectivity index (χ0v) is 10.8. The smallest absolute Gasteiger partial charge is 0.173 e. The van der Waals surface area contributed by atoms with Crippen LogP contribution in [-0.4, -0.2) is 21.1 Å². The van der Waals surface area contributed by atoms with Crippen LogP contribution in [0.2, 0.25) is 5.02 Å². The third kappa shape index (κ3) is 3.11. The third-order valence-electron chi connectivity index (χ3n) is 2.26. The Kier molecular flexibility index (Phi) is 3.86. The van der Waals surface area contributed by atoms with Gasteiger partial charge in [-0.3, -0.25) is 4.79 Å². The van der Waals surface area contributed by atoms with Crippen molar-refractivity contribution in [2.24, 2.45) is 7.05 Å². The standard InChI is InChI=1S/C12H11ClN2OS/c1-15-6-5-14-12(15)17-8-11(16)9-3-2-4-10(13)7-9/h2-7H,8H2,1H3. The average Bonchev–Trinajstić information content (AvgIpc) is 2.72. The number of Topliss-reactive ketones (excluding diaryl/α,β-unsaturated/α-hetero) is 1. The van der Waals surface area contributed by atoms with Gasteiger partial charge in [0, 0.05) is 30.0 Å². The van der Waals surface area contributed by atoms with Crippen molar-refractivity contribution in [2.75, 3.05) is 5.75 Å². The van der Waals surface area contributed by atoms with Crippen LogP contribution in [0.15, 0.2) is 41.8 Å². The molecular weight excluding hydrogens is 256 g/mol. The number of ketones is 1. The fraction of sp³-hybridized carbons (Fsp3) is 0.167. The van der Waals surface area contributed by atoms with Crippen LogP contribution in [0.3, 0.4) is 0 Å². The van der Waals surface area contributed by atoms with Gasteiger partial charge in [0.2, 0.25) is 0 Å². The quantitative estimate of drug-likeness (QED) is 0.630. The van der Waals surface area contributed by atoms with E-state index < -0.39 is 0 Å². The minimum Gasteiger partial charge on any atom is -0.329 e. The first-order valence-electron chi connectivity index (χ1n) is 5.05. The summed E-state index contributed by atoms with van der Waals surface area (Å²) in [6, 6.07) is 6.99. The molecule has 0 aliphatic heterocycles. The molecule has 0 aliphatic rings. The highest BCUT2D eigenvalue weighted by Crippen LogP contribution is 2.18. The van der Waals surface area contributed by atoms with Crippen molar-refractivity contribution in [3.8, 4) is 0 Å². The molecule has 17 heavy (non-hydrogen) atoms. The highest BCUT2D eigenvalue weighted by atomic mass is 35.5. The van der Waals surface area contributed by atoms with Gasteiger partial charge in [0.25, 0.3) is 0 Å². The van der Waals surface area contributed by atoms with Gasteiger partial charge in [0.15, 0.2) is 10.9 Å². The second-order valence-corrected chi connectivity index (χ2v) is 4.92. The predicted octanol–water partition coefficient (Wildman–Crippen LogP) is 3.05. The normalized spacial score (nSPS) is 10.5. The Labute approximate surface area is 109 Å². The van der Waals surface area contributed by atoms with Gasteiger partial charge in [-0.15, -0.1) is 0 Å². The van der Waals surface area contributed by atoms with Crippen molar-refractivity contribution in [1.29, 1.82) is 0 Å². The summed E-state index contributed by atoms with van der Waals surface area (Å²) in [6.07, 6.45) is 3.57. The number of carbonyl (C=O) groups is 1. The fourth-order valence-electron chi connectivity index (χ4n) is 1.37. The Balaban J connectivity index is 2.01. The van der Waals surface area contributed by atoms with Crippen LogP contribution in [0.5, 0.6) is 0 Å². The van der Waals surface area contributed by atoms with Crippen LogP contribution in [0.4, 0.5) is 0 Å². The van der Waals surface area contributed by atoms with Gasteiger partial charge in [0.05, 0.1) is 5.75 Å². The predicted molar refractivity (Wildman–Crippen MR) is 69.7 cm³/mol. The summed E-state index contributed by atoms with van der Waals surface area (Å²) in [5.74, 6) is 0.422. The molecule has 0 fully saturated rings. The first-order chi connectivity index (χ1) is 8.16. The molecule has 2 rings (SSSR count). The molecule has 3 nitrogen and oxygen atoms in total. The topological polar surface area (TPSA) is 34.9 Å². The van der Waals surface area contributed by atoms with E-state index in [9.17, 15) is 4.79 Å². The summed E-state index contributed by atoms with van der Waals surface area (Å²) in [4.78, 5) is 16.0. The highest BCUT2D eigenvalue weighted by molar-refractivity contribution is 7.99. The molecule has 0 aliphatic carbocycles. The molecule has 0 saturated carbocycles. The molecule has 0 unspecified atom stereocenters. The van der Waals surface area contributed by atoms with Crippen molar-refractivity contribution in [3.63, 3.8) is 0 Å². The molecule has 5 heteroatoms. The Bertz CT molecular complexity index is 539. The van der Waals surface area contributed by atoms with E-state index in [4.69, 9.17) is 11.6 Å². The molecule has 1 aromatic carbocycles. The highest BCUT2D eigenvalue weighted by Gasteiger charge is 2.08. The summed E-state index contributed by atoms with van der Waals surface area (Å²) in [7, 11) is 1.90. The van der Waals surface area contributed by atoms with Gasteiger partial charge in [-0.05, 0) is 12.1 Å². The van der Waals surface area contributed by atoms with Gasteiger partial charge in [-0.1, -0.05) is 35.5 Å². The van der Waals surface area contributed by atoms with Gasteiger partial charge in [0.1, 0.15) is 0 Å². The lowest BCUT2D eigenvalue weighted by Crippen LogP contribution is -2.03. The Hall–Kier alpha value is -1.26. The van der Waals surface area contributed by atoms with E-state index in [1.54, 1.807) is 30.5 Å². The Morgan fingerprint density at radius 2 is 2.35 bits per heavy atom. The largest absolute Gasteiger partial charge is 0.329 e. The number of imidazole rings is 1. The summed E-state index contributed by atoms with van der Waals surface area (Å²) in [5, 5.41) is 1.42. The number of rotatable bonds is 4. The van der Waals surface area contributed by atoms with Crippen LogP contribution in [0, 0.1) is 0 Å².